The second kappa shape index (κ2) is 42.4. The number of aliphatic hydroxyl groups excluding tert-OH is 5. The molecule has 0 radical (unpaired) electrons. The molecule has 0 spiro atoms. The van der Waals surface area contributed by atoms with Gasteiger partial charge < -0.3 is 40.3 Å². The summed E-state index contributed by atoms with van der Waals surface area (Å²) in [4.78, 5) is 13.0. The highest BCUT2D eigenvalue weighted by Gasteiger charge is 2.44. The average molecular weight is 864 g/mol. The first-order valence-electron chi connectivity index (χ1n) is 25.7. The van der Waals surface area contributed by atoms with Crippen LogP contribution < -0.4 is 5.32 Å². The third kappa shape index (κ3) is 32.7. The van der Waals surface area contributed by atoms with Crippen molar-refractivity contribution in [3.63, 3.8) is 0 Å². The van der Waals surface area contributed by atoms with E-state index in [1.807, 2.05) is 6.08 Å². The predicted octanol–water partition coefficient (Wildman–Crippen LogP) is 11.6. The number of amides is 1. The van der Waals surface area contributed by atoms with Crippen LogP contribution >= 0.6 is 0 Å². The molecule has 0 saturated carbocycles. The lowest BCUT2D eigenvalue weighted by molar-refractivity contribution is -0.302. The van der Waals surface area contributed by atoms with Gasteiger partial charge in [-0.2, -0.15) is 0 Å². The van der Waals surface area contributed by atoms with E-state index >= 15 is 0 Å². The second-order valence-corrected chi connectivity index (χ2v) is 18.0. The molecule has 1 saturated heterocycles. The zero-order chi connectivity index (χ0) is 44.4. The van der Waals surface area contributed by atoms with Crippen LogP contribution in [-0.2, 0) is 14.3 Å². The number of nitrogens with one attached hydrogen (secondary N) is 1. The van der Waals surface area contributed by atoms with Crippen LogP contribution in [0.15, 0.2) is 36.5 Å². The van der Waals surface area contributed by atoms with E-state index in [9.17, 15) is 30.3 Å². The lowest BCUT2D eigenvalue weighted by atomic mass is 9.99. The van der Waals surface area contributed by atoms with Crippen LogP contribution in [0.3, 0.4) is 0 Å². The Morgan fingerprint density at radius 3 is 1.39 bits per heavy atom. The molecule has 9 heteroatoms. The summed E-state index contributed by atoms with van der Waals surface area (Å²) in [5, 5.41) is 54.3. The van der Waals surface area contributed by atoms with Gasteiger partial charge in [0.2, 0.25) is 5.91 Å². The van der Waals surface area contributed by atoms with Crippen molar-refractivity contribution in [1.29, 1.82) is 0 Å². The summed E-state index contributed by atoms with van der Waals surface area (Å²) >= 11 is 0. The topological polar surface area (TPSA) is 149 Å². The Bertz CT molecular complexity index is 1050. The van der Waals surface area contributed by atoms with Crippen LogP contribution in [0.25, 0.3) is 0 Å². The number of hydrogen-bond acceptors (Lipinski definition) is 8. The molecule has 6 N–H and O–H groups in total. The summed E-state index contributed by atoms with van der Waals surface area (Å²) in [5.41, 5.74) is 0. The number of aliphatic hydroxyl groups is 5. The van der Waals surface area contributed by atoms with E-state index in [0.29, 0.717) is 6.42 Å². The van der Waals surface area contributed by atoms with Crippen LogP contribution in [0.4, 0.5) is 0 Å². The predicted molar refractivity (Wildman–Crippen MR) is 253 cm³/mol. The Morgan fingerprint density at radius 1 is 0.541 bits per heavy atom. The van der Waals surface area contributed by atoms with E-state index in [0.717, 1.165) is 51.4 Å². The molecule has 0 aromatic heterocycles. The van der Waals surface area contributed by atoms with Gasteiger partial charge in [0, 0.05) is 6.42 Å². The SMILES string of the molecule is CCCCCC/C=C\CCCCCCCCCC(=O)NC(COC1OC(CO)C(O)C(O)C1O)C(O)/C=C/CC/C=C/CCCCCCCCCCCCCCCCCCC. The van der Waals surface area contributed by atoms with Gasteiger partial charge in [0.05, 0.1) is 25.4 Å². The van der Waals surface area contributed by atoms with Crippen molar-refractivity contribution < 1.29 is 39.8 Å². The number of ether oxygens (including phenoxy) is 2. The van der Waals surface area contributed by atoms with Gasteiger partial charge >= 0.3 is 0 Å². The van der Waals surface area contributed by atoms with Crippen molar-refractivity contribution in [2.24, 2.45) is 0 Å². The minimum atomic E-state index is -1.57. The molecule has 7 atom stereocenters. The largest absolute Gasteiger partial charge is 0.394 e. The Kier molecular flexibility index (Phi) is 39.9. The van der Waals surface area contributed by atoms with E-state index in [1.165, 1.54) is 161 Å². The molecular weight excluding hydrogens is 767 g/mol. The number of carbonyl (C=O) groups excluding carboxylic acids is 1. The van der Waals surface area contributed by atoms with Gasteiger partial charge in [-0.05, 0) is 57.8 Å². The zero-order valence-corrected chi connectivity index (χ0v) is 39.4. The molecule has 1 aliphatic heterocycles. The van der Waals surface area contributed by atoms with Crippen molar-refractivity contribution in [2.75, 3.05) is 13.2 Å². The highest BCUT2D eigenvalue weighted by Crippen LogP contribution is 2.23. The number of hydrogen-bond donors (Lipinski definition) is 6. The summed E-state index contributed by atoms with van der Waals surface area (Å²) < 4.78 is 11.2. The third-order valence-corrected chi connectivity index (χ3v) is 12.2. The lowest BCUT2D eigenvalue weighted by Gasteiger charge is -2.40. The maximum atomic E-state index is 13.0. The standard InChI is InChI=1S/C52H97NO8/c1-3-5-7-9-11-13-15-17-19-20-21-22-23-24-25-26-28-29-31-33-35-37-39-41-46(55)45(44-60-52-51(59)50(58)49(57)47(43-54)61-52)53-48(56)42-40-38-36-34-32-30-27-18-16-14-12-10-8-6-4-2/h14,16,31,33,39,41,45-47,49-52,54-55,57-59H,3-13,15,17-30,32,34-38,40,42-44H2,1-2H3,(H,53,56)/b16-14-,33-31+,41-39+. The maximum Gasteiger partial charge on any atom is 0.220 e. The van der Waals surface area contributed by atoms with Gasteiger partial charge in [-0.25, -0.2) is 0 Å². The molecule has 358 valence electrons. The Morgan fingerprint density at radius 2 is 0.934 bits per heavy atom. The van der Waals surface area contributed by atoms with Crippen LogP contribution in [0.2, 0.25) is 0 Å². The fourth-order valence-electron chi connectivity index (χ4n) is 8.05. The van der Waals surface area contributed by atoms with E-state index in [4.69, 9.17) is 9.47 Å². The van der Waals surface area contributed by atoms with E-state index in [1.54, 1.807) is 6.08 Å². The molecular formula is C52H97NO8. The van der Waals surface area contributed by atoms with Crippen molar-refractivity contribution in [2.45, 2.75) is 275 Å². The van der Waals surface area contributed by atoms with Crippen molar-refractivity contribution in [1.82, 2.24) is 5.32 Å². The van der Waals surface area contributed by atoms with Crippen LogP contribution in [0.5, 0.6) is 0 Å². The molecule has 1 heterocycles. The summed E-state index contributed by atoms with van der Waals surface area (Å²) in [6.45, 7) is 3.76. The molecule has 61 heavy (non-hydrogen) atoms. The minimum Gasteiger partial charge on any atom is -0.394 e. The highest BCUT2D eigenvalue weighted by atomic mass is 16.7. The molecule has 0 aliphatic carbocycles. The monoisotopic (exact) mass is 864 g/mol. The maximum absolute atomic E-state index is 13.0. The molecule has 0 bridgehead atoms. The van der Waals surface area contributed by atoms with Crippen LogP contribution in [-0.4, -0.2) is 87.5 Å². The van der Waals surface area contributed by atoms with Gasteiger partial charge in [-0.1, -0.05) is 204 Å². The van der Waals surface area contributed by atoms with Crippen LogP contribution in [0, 0.1) is 0 Å². The fraction of sp³-hybridized carbons (Fsp3) is 0.865. The van der Waals surface area contributed by atoms with E-state index in [2.05, 4.69) is 43.5 Å². The van der Waals surface area contributed by atoms with Crippen LogP contribution in [0.1, 0.15) is 232 Å². The van der Waals surface area contributed by atoms with Gasteiger partial charge in [-0.3, -0.25) is 4.79 Å². The van der Waals surface area contributed by atoms with Crippen molar-refractivity contribution in [3.8, 4) is 0 Å². The average Bonchev–Trinajstić information content (AvgIpc) is 3.26. The molecule has 7 unspecified atom stereocenters. The van der Waals surface area contributed by atoms with E-state index in [-0.39, 0.29) is 12.5 Å². The summed E-state index contributed by atoms with van der Waals surface area (Å²) in [6.07, 6.45) is 46.3. The summed E-state index contributed by atoms with van der Waals surface area (Å²) in [6, 6.07) is -0.822. The Hall–Kier alpha value is -1.59. The van der Waals surface area contributed by atoms with Gasteiger partial charge in [0.15, 0.2) is 6.29 Å². The Balaban J connectivity index is 2.31. The molecule has 1 aliphatic rings. The number of allylic oxidation sites excluding steroid dienone is 5. The van der Waals surface area contributed by atoms with Gasteiger partial charge in [-0.15, -0.1) is 0 Å². The minimum absolute atomic E-state index is 0.191. The first-order chi connectivity index (χ1) is 29.8. The van der Waals surface area contributed by atoms with Gasteiger partial charge in [0.1, 0.15) is 24.4 Å². The number of rotatable bonds is 43. The molecule has 0 aromatic carbocycles. The van der Waals surface area contributed by atoms with Crippen molar-refractivity contribution >= 4 is 5.91 Å². The lowest BCUT2D eigenvalue weighted by Crippen LogP contribution is -2.60. The summed E-state index contributed by atoms with van der Waals surface area (Å²) in [7, 11) is 0. The number of unbranched alkanes of at least 4 members (excludes halogenated alkanes) is 29. The highest BCUT2D eigenvalue weighted by molar-refractivity contribution is 5.76. The van der Waals surface area contributed by atoms with Gasteiger partial charge in [0.25, 0.3) is 0 Å². The normalized spacial score (nSPS) is 20.7. The molecule has 1 amide bonds. The second-order valence-electron chi connectivity index (χ2n) is 18.0. The Labute approximate surface area is 374 Å². The number of carbonyl (C=O) groups is 1. The smallest absolute Gasteiger partial charge is 0.220 e. The molecule has 9 nitrogen and oxygen atoms in total. The molecule has 1 rings (SSSR count). The van der Waals surface area contributed by atoms with E-state index < -0.39 is 49.5 Å². The molecule has 1 fully saturated rings. The quantitative estimate of drug-likeness (QED) is 0.0262. The van der Waals surface area contributed by atoms with Crippen molar-refractivity contribution in [3.05, 3.63) is 36.5 Å². The first-order valence-corrected chi connectivity index (χ1v) is 25.7. The zero-order valence-electron chi connectivity index (χ0n) is 39.4. The fourth-order valence-corrected chi connectivity index (χ4v) is 8.05. The third-order valence-electron chi connectivity index (χ3n) is 12.2. The summed E-state index contributed by atoms with van der Waals surface area (Å²) in [5.74, 6) is -0.191. The molecule has 0 aromatic rings. The first kappa shape index (κ1) is 57.4.